The first-order valence-corrected chi connectivity index (χ1v) is 13.0. The second-order valence-electron chi connectivity index (χ2n) is 8.06. The highest BCUT2D eigenvalue weighted by molar-refractivity contribution is 7.92. The van der Waals surface area contributed by atoms with E-state index in [1.165, 1.54) is 39.2 Å². The van der Waals surface area contributed by atoms with Gasteiger partial charge in [0.25, 0.3) is 10.0 Å². The number of hydrogen-bond donors (Lipinski definition) is 2. The zero-order valence-corrected chi connectivity index (χ0v) is 20.1. The Labute approximate surface area is 193 Å². The van der Waals surface area contributed by atoms with Crippen LogP contribution in [0.3, 0.4) is 0 Å². The molecular weight excluding hydrogens is 444 g/mol. The second-order valence-corrected chi connectivity index (χ2v) is 10.7. The van der Waals surface area contributed by atoms with Crippen LogP contribution < -0.4 is 14.8 Å². The lowest BCUT2D eigenvalue weighted by Gasteiger charge is -2.22. The molecule has 0 unspecified atom stereocenters. The van der Waals surface area contributed by atoms with E-state index in [1.54, 1.807) is 42.7 Å². The van der Waals surface area contributed by atoms with Crippen molar-refractivity contribution >= 4 is 32.2 Å². The molecule has 9 heteroatoms. The molecule has 1 aliphatic carbocycles. The normalized spacial score (nSPS) is 14.8. The molecule has 7 nitrogen and oxygen atoms in total. The zero-order valence-electron chi connectivity index (χ0n) is 18.5. The number of pyridine rings is 1. The number of ether oxygens (including phenoxy) is 1. The second kappa shape index (κ2) is 9.46. The number of thiazole rings is 1. The van der Waals surface area contributed by atoms with Crippen LogP contribution in [0.1, 0.15) is 43.4 Å². The Kier molecular flexibility index (Phi) is 6.66. The minimum atomic E-state index is -3.84. The molecule has 0 atom stereocenters. The largest absolute Gasteiger partial charge is 0.480 e. The standard InChI is InChI=1S/C23H28N4O3S2/c1-15-11-12-17(21-16(2)25-23(31-21)26-18-8-5-4-6-9-18)14-20(15)32(28,29)27-19-10-7-13-24-22(19)30-3/h7,10-14,18,27H,4-6,8-9H2,1-3H3,(H,25,26). The number of rotatable bonds is 7. The van der Waals surface area contributed by atoms with E-state index in [-0.39, 0.29) is 10.8 Å². The number of sulfonamides is 1. The van der Waals surface area contributed by atoms with E-state index in [1.807, 2.05) is 19.1 Å². The van der Waals surface area contributed by atoms with E-state index in [4.69, 9.17) is 9.72 Å². The Bertz CT molecular complexity index is 1200. The zero-order chi connectivity index (χ0) is 22.7. The fraction of sp³-hybridized carbons (Fsp3) is 0.391. The summed E-state index contributed by atoms with van der Waals surface area (Å²) in [7, 11) is -2.38. The molecule has 0 saturated heterocycles. The maximum atomic E-state index is 13.2. The fourth-order valence-corrected chi connectivity index (χ4v) is 6.38. The number of nitrogens with one attached hydrogen (secondary N) is 2. The summed E-state index contributed by atoms with van der Waals surface area (Å²) >= 11 is 1.57. The average Bonchev–Trinajstić information content (AvgIpc) is 3.14. The smallest absolute Gasteiger partial charge is 0.262 e. The van der Waals surface area contributed by atoms with E-state index in [2.05, 4.69) is 15.0 Å². The van der Waals surface area contributed by atoms with Crippen molar-refractivity contribution in [1.82, 2.24) is 9.97 Å². The van der Waals surface area contributed by atoms with Crippen molar-refractivity contribution in [3.8, 4) is 16.3 Å². The van der Waals surface area contributed by atoms with Crippen molar-refractivity contribution < 1.29 is 13.2 Å². The Balaban J connectivity index is 1.63. The summed E-state index contributed by atoms with van der Waals surface area (Å²) < 4.78 is 34.2. The molecule has 1 fully saturated rings. The molecular formula is C23H28N4O3S2. The van der Waals surface area contributed by atoms with Gasteiger partial charge in [-0.15, -0.1) is 0 Å². The minimum Gasteiger partial charge on any atom is -0.480 e. The maximum absolute atomic E-state index is 13.2. The lowest BCUT2D eigenvalue weighted by Crippen LogP contribution is -2.21. The first-order valence-electron chi connectivity index (χ1n) is 10.7. The van der Waals surface area contributed by atoms with Gasteiger partial charge in [-0.05, 0) is 56.0 Å². The molecule has 3 aromatic rings. The molecule has 0 aliphatic heterocycles. The van der Waals surface area contributed by atoms with Gasteiger partial charge in [0.05, 0.1) is 22.6 Å². The lowest BCUT2D eigenvalue weighted by atomic mass is 9.96. The third-order valence-electron chi connectivity index (χ3n) is 5.68. The third-order valence-corrected chi connectivity index (χ3v) is 8.32. The monoisotopic (exact) mass is 472 g/mol. The summed E-state index contributed by atoms with van der Waals surface area (Å²) in [6, 6.07) is 9.24. The molecule has 0 amide bonds. The van der Waals surface area contributed by atoms with Gasteiger partial charge in [0.1, 0.15) is 5.69 Å². The summed E-state index contributed by atoms with van der Waals surface area (Å²) in [6.07, 6.45) is 7.70. The van der Waals surface area contributed by atoms with Gasteiger partial charge in [0.2, 0.25) is 5.88 Å². The van der Waals surface area contributed by atoms with E-state index in [9.17, 15) is 8.42 Å². The maximum Gasteiger partial charge on any atom is 0.262 e. The van der Waals surface area contributed by atoms with Gasteiger partial charge in [-0.1, -0.05) is 42.7 Å². The molecule has 2 heterocycles. The topological polar surface area (TPSA) is 93.2 Å². The Morgan fingerprint density at radius 3 is 2.66 bits per heavy atom. The molecule has 2 N–H and O–H groups in total. The highest BCUT2D eigenvalue weighted by atomic mass is 32.2. The van der Waals surface area contributed by atoms with Crippen molar-refractivity contribution in [2.75, 3.05) is 17.1 Å². The molecule has 170 valence electrons. The van der Waals surface area contributed by atoms with Crippen LogP contribution in [0.5, 0.6) is 5.88 Å². The molecule has 0 spiro atoms. The fourth-order valence-electron chi connectivity index (χ4n) is 4.01. The van der Waals surface area contributed by atoms with Gasteiger partial charge in [0.15, 0.2) is 5.13 Å². The quantitative estimate of drug-likeness (QED) is 0.480. The number of hydrogen-bond acceptors (Lipinski definition) is 7. The molecule has 4 rings (SSSR count). The van der Waals surface area contributed by atoms with E-state index in [0.717, 1.165) is 21.3 Å². The van der Waals surface area contributed by atoms with Crippen molar-refractivity contribution in [2.45, 2.75) is 56.9 Å². The van der Waals surface area contributed by atoms with Crippen LogP contribution in [0.15, 0.2) is 41.4 Å². The number of anilines is 2. The van der Waals surface area contributed by atoms with Gasteiger partial charge in [-0.25, -0.2) is 18.4 Å². The predicted octanol–water partition coefficient (Wildman–Crippen LogP) is 5.38. The molecule has 1 aliphatic rings. The Morgan fingerprint density at radius 2 is 1.91 bits per heavy atom. The first kappa shape index (κ1) is 22.5. The number of aromatic nitrogens is 2. The molecule has 2 aromatic heterocycles. The number of aryl methyl sites for hydroxylation is 2. The van der Waals surface area contributed by atoms with E-state index < -0.39 is 10.0 Å². The van der Waals surface area contributed by atoms with Gasteiger partial charge in [-0.2, -0.15) is 0 Å². The van der Waals surface area contributed by atoms with Crippen LogP contribution in [0.4, 0.5) is 10.8 Å². The Hall–Kier alpha value is -2.65. The molecule has 1 aromatic carbocycles. The van der Waals surface area contributed by atoms with Crippen LogP contribution in [-0.4, -0.2) is 31.5 Å². The highest BCUT2D eigenvalue weighted by Crippen LogP contribution is 2.36. The van der Waals surface area contributed by atoms with Gasteiger partial charge in [0, 0.05) is 12.2 Å². The van der Waals surface area contributed by atoms with Gasteiger partial charge >= 0.3 is 0 Å². The SMILES string of the molecule is COc1ncccc1NS(=O)(=O)c1cc(-c2sc(NC3CCCCC3)nc2C)ccc1C. The van der Waals surface area contributed by atoms with Crippen molar-refractivity contribution in [2.24, 2.45) is 0 Å². The van der Waals surface area contributed by atoms with Crippen molar-refractivity contribution in [3.05, 3.63) is 47.8 Å². The highest BCUT2D eigenvalue weighted by Gasteiger charge is 2.22. The van der Waals surface area contributed by atoms with Crippen LogP contribution in [0, 0.1) is 13.8 Å². The molecule has 1 saturated carbocycles. The van der Waals surface area contributed by atoms with Crippen LogP contribution in [-0.2, 0) is 10.0 Å². The van der Waals surface area contributed by atoms with Crippen molar-refractivity contribution in [1.29, 1.82) is 0 Å². The summed E-state index contributed by atoms with van der Waals surface area (Å²) in [6.45, 7) is 3.75. The van der Waals surface area contributed by atoms with Crippen LogP contribution in [0.25, 0.3) is 10.4 Å². The number of methoxy groups -OCH3 is 1. The van der Waals surface area contributed by atoms with Gasteiger partial charge < -0.3 is 10.1 Å². The van der Waals surface area contributed by atoms with E-state index in [0.29, 0.717) is 17.3 Å². The predicted molar refractivity (Wildman–Crippen MR) is 129 cm³/mol. The summed E-state index contributed by atoms with van der Waals surface area (Å²) in [5, 5.41) is 4.47. The summed E-state index contributed by atoms with van der Waals surface area (Å²) in [4.78, 5) is 9.95. The average molecular weight is 473 g/mol. The molecule has 0 bridgehead atoms. The summed E-state index contributed by atoms with van der Waals surface area (Å²) in [5.74, 6) is 0.224. The third kappa shape index (κ3) is 4.88. The number of benzene rings is 1. The van der Waals surface area contributed by atoms with Gasteiger partial charge in [-0.3, -0.25) is 4.72 Å². The lowest BCUT2D eigenvalue weighted by molar-refractivity contribution is 0.400. The molecule has 0 radical (unpaired) electrons. The minimum absolute atomic E-state index is 0.218. The van der Waals surface area contributed by atoms with Crippen molar-refractivity contribution in [3.63, 3.8) is 0 Å². The number of nitrogens with zero attached hydrogens (tertiary/aromatic N) is 2. The van der Waals surface area contributed by atoms with Crippen LogP contribution >= 0.6 is 11.3 Å². The van der Waals surface area contributed by atoms with E-state index >= 15 is 0 Å². The first-order chi connectivity index (χ1) is 15.4. The Morgan fingerprint density at radius 1 is 1.12 bits per heavy atom. The van der Waals surface area contributed by atoms with Crippen LogP contribution in [0.2, 0.25) is 0 Å². The molecule has 32 heavy (non-hydrogen) atoms. The summed E-state index contributed by atoms with van der Waals surface area (Å²) in [5.41, 5.74) is 2.68.